The number of carbonyl (C=O) groups is 1. The highest BCUT2D eigenvalue weighted by Gasteiger charge is 2.46. The molecule has 144 valence electrons. The summed E-state index contributed by atoms with van der Waals surface area (Å²) in [6, 6.07) is 11.8. The molecule has 0 saturated heterocycles. The zero-order valence-corrected chi connectivity index (χ0v) is 15.2. The molecule has 0 bridgehead atoms. The molecule has 1 aliphatic carbocycles. The van der Waals surface area contributed by atoms with Crippen LogP contribution < -0.4 is 15.5 Å². The van der Waals surface area contributed by atoms with Crippen molar-refractivity contribution in [2.24, 2.45) is 0 Å². The molecule has 1 saturated carbocycles. The monoisotopic (exact) mass is 377 g/mol. The van der Waals surface area contributed by atoms with Gasteiger partial charge in [-0.15, -0.1) is 0 Å². The molecule has 4 nitrogen and oxygen atoms in total. The third-order valence-electron chi connectivity index (χ3n) is 4.81. The second kappa shape index (κ2) is 7.50. The van der Waals surface area contributed by atoms with Crippen LogP contribution in [0.1, 0.15) is 24.4 Å². The van der Waals surface area contributed by atoms with Crippen molar-refractivity contribution in [3.05, 3.63) is 59.9 Å². The highest BCUT2D eigenvalue weighted by atomic mass is 19.3. The minimum absolute atomic E-state index is 0.358. The molecular formula is C20H22F3N3O. The smallest absolute Gasteiger partial charge is 0.252 e. The van der Waals surface area contributed by atoms with Crippen LogP contribution in [0.25, 0.3) is 0 Å². The minimum atomic E-state index is -2.72. The summed E-state index contributed by atoms with van der Waals surface area (Å²) in [6.45, 7) is 0. The minimum Gasteiger partial charge on any atom is -0.388 e. The fraction of sp³-hybridized carbons (Fsp3) is 0.350. The first-order chi connectivity index (χ1) is 12.8. The van der Waals surface area contributed by atoms with Gasteiger partial charge in [0.1, 0.15) is 11.9 Å². The van der Waals surface area contributed by atoms with Crippen molar-refractivity contribution >= 4 is 17.3 Å². The Labute approximate surface area is 156 Å². The van der Waals surface area contributed by atoms with E-state index in [0.717, 1.165) is 5.69 Å². The second-order valence-corrected chi connectivity index (χ2v) is 6.80. The number of amides is 1. The van der Waals surface area contributed by atoms with Crippen molar-refractivity contribution in [2.45, 2.75) is 30.8 Å². The Kier molecular flexibility index (Phi) is 5.30. The average molecular weight is 377 g/mol. The van der Waals surface area contributed by atoms with E-state index < -0.39 is 29.7 Å². The number of carbonyl (C=O) groups excluding carboxylic acids is 1. The van der Waals surface area contributed by atoms with E-state index in [1.165, 1.54) is 12.1 Å². The van der Waals surface area contributed by atoms with Crippen LogP contribution in [0.5, 0.6) is 0 Å². The van der Waals surface area contributed by atoms with Gasteiger partial charge in [0, 0.05) is 49.9 Å². The molecule has 0 heterocycles. The first-order valence-electron chi connectivity index (χ1n) is 8.74. The van der Waals surface area contributed by atoms with Crippen LogP contribution in [-0.2, 0) is 4.79 Å². The SMILES string of the molecule is CNc1ccccc1C(C(=O)NC1CC(F)(F)C1)N(C)c1cccc(F)c1. The molecular weight excluding hydrogens is 355 g/mol. The quantitative estimate of drug-likeness (QED) is 0.801. The molecule has 2 N–H and O–H groups in total. The Balaban J connectivity index is 1.92. The van der Waals surface area contributed by atoms with Crippen LogP contribution >= 0.6 is 0 Å². The lowest BCUT2D eigenvalue weighted by Gasteiger charge is -2.38. The number of nitrogens with zero attached hydrogens (tertiary/aromatic N) is 1. The van der Waals surface area contributed by atoms with Crippen LogP contribution in [0.3, 0.4) is 0 Å². The maximum absolute atomic E-state index is 13.7. The Bertz CT molecular complexity index is 820. The number of benzene rings is 2. The predicted molar refractivity (Wildman–Crippen MR) is 99.6 cm³/mol. The van der Waals surface area contributed by atoms with Crippen molar-refractivity contribution in [2.75, 3.05) is 24.3 Å². The summed E-state index contributed by atoms with van der Waals surface area (Å²) in [5, 5.41) is 5.75. The third kappa shape index (κ3) is 4.18. The highest BCUT2D eigenvalue weighted by molar-refractivity contribution is 5.88. The Morgan fingerprint density at radius 1 is 1.19 bits per heavy atom. The molecule has 7 heteroatoms. The van der Waals surface area contributed by atoms with Crippen molar-refractivity contribution in [1.82, 2.24) is 5.32 Å². The number of hydrogen-bond donors (Lipinski definition) is 2. The number of para-hydroxylation sites is 1. The van der Waals surface area contributed by atoms with Crippen molar-refractivity contribution in [3.63, 3.8) is 0 Å². The van der Waals surface area contributed by atoms with Crippen molar-refractivity contribution in [3.8, 4) is 0 Å². The van der Waals surface area contributed by atoms with Gasteiger partial charge in [0.25, 0.3) is 5.92 Å². The highest BCUT2D eigenvalue weighted by Crippen LogP contribution is 2.38. The molecule has 0 aromatic heterocycles. The summed E-state index contributed by atoms with van der Waals surface area (Å²) in [6.07, 6.45) is -0.717. The summed E-state index contributed by atoms with van der Waals surface area (Å²) in [5.41, 5.74) is 1.93. The number of halogens is 3. The summed E-state index contributed by atoms with van der Waals surface area (Å²) in [7, 11) is 3.42. The summed E-state index contributed by atoms with van der Waals surface area (Å²) < 4.78 is 39.9. The van der Waals surface area contributed by atoms with Gasteiger partial charge in [-0.3, -0.25) is 4.79 Å². The maximum atomic E-state index is 13.7. The van der Waals surface area contributed by atoms with Gasteiger partial charge in [-0.2, -0.15) is 0 Å². The van der Waals surface area contributed by atoms with Gasteiger partial charge < -0.3 is 15.5 Å². The number of nitrogens with one attached hydrogen (secondary N) is 2. The topological polar surface area (TPSA) is 44.4 Å². The van der Waals surface area contributed by atoms with E-state index in [1.807, 2.05) is 12.1 Å². The molecule has 1 unspecified atom stereocenters. The van der Waals surface area contributed by atoms with Gasteiger partial charge in [-0.05, 0) is 24.3 Å². The molecule has 1 amide bonds. The molecule has 0 spiro atoms. The van der Waals surface area contributed by atoms with Crippen LogP contribution in [0, 0.1) is 5.82 Å². The van der Waals surface area contributed by atoms with Gasteiger partial charge in [-0.1, -0.05) is 24.3 Å². The maximum Gasteiger partial charge on any atom is 0.252 e. The molecule has 1 atom stereocenters. The standard InChI is InChI=1S/C20H22F3N3O/c1-24-17-9-4-3-8-16(17)18(19(27)25-14-11-20(22,23)12-14)26(2)15-7-5-6-13(21)10-15/h3-10,14,18,24H,11-12H2,1-2H3,(H,25,27). The van der Waals surface area contributed by atoms with Crippen LogP contribution in [0.2, 0.25) is 0 Å². The fourth-order valence-corrected chi connectivity index (χ4v) is 3.38. The van der Waals surface area contributed by atoms with E-state index >= 15 is 0 Å². The zero-order valence-electron chi connectivity index (χ0n) is 15.2. The molecule has 1 aliphatic rings. The van der Waals surface area contributed by atoms with E-state index in [-0.39, 0.29) is 12.8 Å². The Hall–Kier alpha value is -2.70. The van der Waals surface area contributed by atoms with Gasteiger partial charge in [0.2, 0.25) is 5.91 Å². The van der Waals surface area contributed by atoms with E-state index in [1.54, 1.807) is 43.3 Å². The number of rotatable bonds is 6. The summed E-state index contributed by atoms with van der Waals surface area (Å²) in [5.74, 6) is -3.53. The third-order valence-corrected chi connectivity index (χ3v) is 4.81. The van der Waals surface area contributed by atoms with Crippen molar-refractivity contribution in [1.29, 1.82) is 0 Å². The lowest BCUT2D eigenvalue weighted by molar-refractivity contribution is -0.130. The van der Waals surface area contributed by atoms with Gasteiger partial charge in [-0.25, -0.2) is 13.2 Å². The van der Waals surface area contributed by atoms with Crippen LogP contribution in [0.15, 0.2) is 48.5 Å². The molecule has 2 aromatic carbocycles. The van der Waals surface area contributed by atoms with E-state index in [9.17, 15) is 18.0 Å². The van der Waals surface area contributed by atoms with E-state index in [0.29, 0.717) is 11.3 Å². The summed E-state index contributed by atoms with van der Waals surface area (Å²) in [4.78, 5) is 14.7. The number of anilines is 2. The Morgan fingerprint density at radius 3 is 2.52 bits per heavy atom. The van der Waals surface area contributed by atoms with Crippen molar-refractivity contribution < 1.29 is 18.0 Å². The summed E-state index contributed by atoms with van der Waals surface area (Å²) >= 11 is 0. The van der Waals surface area contributed by atoms with Crippen LogP contribution in [0.4, 0.5) is 24.5 Å². The second-order valence-electron chi connectivity index (χ2n) is 6.80. The average Bonchev–Trinajstić information content (AvgIpc) is 2.60. The normalized spacial score (nSPS) is 16.9. The molecule has 27 heavy (non-hydrogen) atoms. The van der Waals surface area contributed by atoms with Crippen LogP contribution in [-0.4, -0.2) is 32.0 Å². The number of likely N-dealkylation sites (N-methyl/N-ethyl adjacent to an activating group) is 1. The largest absolute Gasteiger partial charge is 0.388 e. The lowest BCUT2D eigenvalue weighted by Crippen LogP contribution is -2.53. The molecule has 3 rings (SSSR count). The fourth-order valence-electron chi connectivity index (χ4n) is 3.38. The first kappa shape index (κ1) is 19.1. The van der Waals surface area contributed by atoms with E-state index in [4.69, 9.17) is 0 Å². The zero-order chi connectivity index (χ0) is 19.6. The molecule has 0 radical (unpaired) electrons. The van der Waals surface area contributed by atoms with Gasteiger partial charge in [0.15, 0.2) is 0 Å². The predicted octanol–water partition coefficient (Wildman–Crippen LogP) is 3.96. The first-order valence-corrected chi connectivity index (χ1v) is 8.74. The van der Waals surface area contributed by atoms with E-state index in [2.05, 4.69) is 10.6 Å². The van der Waals surface area contributed by atoms with Gasteiger partial charge >= 0.3 is 0 Å². The Morgan fingerprint density at radius 2 is 1.89 bits per heavy atom. The lowest BCUT2D eigenvalue weighted by atomic mass is 9.87. The molecule has 2 aromatic rings. The number of hydrogen-bond acceptors (Lipinski definition) is 3. The molecule has 1 fully saturated rings. The number of alkyl halides is 2. The van der Waals surface area contributed by atoms with Gasteiger partial charge in [0.05, 0.1) is 0 Å². The molecule has 0 aliphatic heterocycles.